The van der Waals surface area contributed by atoms with Crippen LogP contribution < -0.4 is 5.32 Å². The molecule has 1 atom stereocenters. The zero-order valence-electron chi connectivity index (χ0n) is 15.7. The number of para-hydroxylation sites is 1. The second-order valence-corrected chi connectivity index (χ2v) is 6.77. The van der Waals surface area contributed by atoms with E-state index < -0.39 is 12.5 Å². The molecule has 1 saturated heterocycles. The van der Waals surface area contributed by atoms with Gasteiger partial charge in [0.15, 0.2) is 5.82 Å². The molecule has 3 heterocycles. The molecule has 1 aliphatic rings. The number of nitrogens with zero attached hydrogens (tertiary/aromatic N) is 5. The Labute approximate surface area is 166 Å². The van der Waals surface area contributed by atoms with Gasteiger partial charge in [0, 0.05) is 12.6 Å². The number of H-pyrrole nitrogens is 1. The largest absolute Gasteiger partial charge is 0.387 e. The van der Waals surface area contributed by atoms with Crippen LogP contribution in [0.3, 0.4) is 0 Å². The van der Waals surface area contributed by atoms with Gasteiger partial charge in [0.05, 0.1) is 17.4 Å². The number of aliphatic hydroxyl groups is 1. The van der Waals surface area contributed by atoms with Crippen LogP contribution in [-0.4, -0.2) is 59.9 Å². The minimum Gasteiger partial charge on any atom is -0.387 e. The van der Waals surface area contributed by atoms with Crippen molar-refractivity contribution in [1.82, 2.24) is 29.9 Å². The number of likely N-dealkylation sites (tertiary alicyclic amines) is 1. The van der Waals surface area contributed by atoms with Crippen LogP contribution in [-0.2, 0) is 4.79 Å². The van der Waals surface area contributed by atoms with Gasteiger partial charge in [0.1, 0.15) is 12.9 Å². The predicted octanol–water partition coefficient (Wildman–Crippen LogP) is 1.29. The molecule has 10 nitrogen and oxygen atoms in total. The predicted molar refractivity (Wildman–Crippen MR) is 103 cm³/mol. The molecule has 0 saturated carbocycles. The molecule has 1 aliphatic heterocycles. The van der Waals surface area contributed by atoms with Crippen molar-refractivity contribution in [3.63, 3.8) is 0 Å². The van der Waals surface area contributed by atoms with Gasteiger partial charge in [-0.3, -0.25) is 14.7 Å². The van der Waals surface area contributed by atoms with E-state index in [2.05, 4.69) is 25.6 Å². The maximum Gasteiger partial charge on any atom is 0.294 e. The molecule has 1 fully saturated rings. The van der Waals surface area contributed by atoms with E-state index in [1.165, 1.54) is 6.33 Å². The molecule has 1 unspecified atom stereocenters. The van der Waals surface area contributed by atoms with E-state index in [0.717, 1.165) is 24.9 Å². The van der Waals surface area contributed by atoms with Gasteiger partial charge in [-0.25, -0.2) is 9.67 Å². The minimum absolute atomic E-state index is 0.133. The number of piperidine rings is 1. The molecular weight excluding hydrogens is 374 g/mol. The molecule has 2 aromatic heterocycles. The summed E-state index contributed by atoms with van der Waals surface area (Å²) in [5.41, 5.74) is 1.54. The lowest BCUT2D eigenvalue weighted by molar-refractivity contribution is -0.118. The number of hydrogen-bond donors (Lipinski definition) is 3. The highest BCUT2D eigenvalue weighted by Gasteiger charge is 2.32. The van der Waals surface area contributed by atoms with Crippen LogP contribution in [0.2, 0.25) is 0 Å². The van der Waals surface area contributed by atoms with Crippen molar-refractivity contribution in [1.29, 1.82) is 0 Å². The van der Waals surface area contributed by atoms with Crippen LogP contribution in [0.4, 0.5) is 5.82 Å². The molecule has 2 amide bonds. The van der Waals surface area contributed by atoms with Crippen LogP contribution in [0.25, 0.3) is 5.69 Å². The highest BCUT2D eigenvalue weighted by Crippen LogP contribution is 2.31. The summed E-state index contributed by atoms with van der Waals surface area (Å²) >= 11 is 0. The van der Waals surface area contributed by atoms with E-state index in [-0.39, 0.29) is 17.8 Å². The number of aromatic amines is 1. The highest BCUT2D eigenvalue weighted by atomic mass is 16.3. The van der Waals surface area contributed by atoms with Gasteiger partial charge < -0.3 is 15.3 Å². The second kappa shape index (κ2) is 8.23. The number of anilines is 1. The van der Waals surface area contributed by atoms with E-state index >= 15 is 0 Å². The van der Waals surface area contributed by atoms with Gasteiger partial charge in [-0.1, -0.05) is 18.2 Å². The number of aliphatic hydroxyl groups excluding tert-OH is 1. The van der Waals surface area contributed by atoms with Gasteiger partial charge in [0.25, 0.3) is 11.8 Å². The van der Waals surface area contributed by atoms with Crippen molar-refractivity contribution in [2.75, 3.05) is 18.5 Å². The molecule has 150 valence electrons. The van der Waals surface area contributed by atoms with Crippen molar-refractivity contribution in [3.05, 3.63) is 54.2 Å². The van der Waals surface area contributed by atoms with Crippen LogP contribution in [0.1, 0.15) is 41.6 Å². The molecule has 1 aromatic carbocycles. The Balaban J connectivity index is 1.54. The molecule has 29 heavy (non-hydrogen) atoms. The SMILES string of the molecule is O=C(CO)Nc1cc(C2CCCCN2C(=O)c2ncn(-c3ccccc3)n2)[nH]n1. The standard InChI is InChI=1S/C19H21N7O3/c27-11-17(28)21-16-10-14(22-23-16)15-8-4-5-9-25(15)19(29)18-20-12-26(24-18)13-6-2-1-3-7-13/h1-3,6-7,10,12,15,27H,4-5,8-9,11H2,(H2,21,22,23,28). The molecule has 0 aliphatic carbocycles. The Morgan fingerprint density at radius 3 is 2.86 bits per heavy atom. The van der Waals surface area contributed by atoms with Crippen molar-refractivity contribution in [2.24, 2.45) is 0 Å². The maximum absolute atomic E-state index is 13.1. The fourth-order valence-electron chi connectivity index (χ4n) is 3.45. The lowest BCUT2D eigenvalue weighted by Crippen LogP contribution is -2.39. The summed E-state index contributed by atoms with van der Waals surface area (Å²) in [6.07, 6.45) is 4.16. The number of carbonyl (C=O) groups excluding carboxylic acids is 2. The number of rotatable bonds is 5. The molecule has 0 bridgehead atoms. The average Bonchev–Trinajstić information content (AvgIpc) is 3.44. The quantitative estimate of drug-likeness (QED) is 0.597. The molecule has 4 rings (SSSR count). The first-order valence-corrected chi connectivity index (χ1v) is 9.40. The van der Waals surface area contributed by atoms with Gasteiger partial charge in [-0.2, -0.15) is 5.10 Å². The monoisotopic (exact) mass is 395 g/mol. The fourth-order valence-corrected chi connectivity index (χ4v) is 3.45. The number of carbonyl (C=O) groups is 2. The average molecular weight is 395 g/mol. The van der Waals surface area contributed by atoms with Gasteiger partial charge in [0.2, 0.25) is 5.82 Å². The number of hydrogen-bond acceptors (Lipinski definition) is 6. The molecule has 0 radical (unpaired) electrons. The van der Waals surface area contributed by atoms with Crippen molar-refractivity contribution < 1.29 is 14.7 Å². The number of benzene rings is 1. The number of nitrogens with one attached hydrogen (secondary N) is 2. The number of amides is 2. The third-order valence-electron chi connectivity index (χ3n) is 4.84. The molecule has 3 aromatic rings. The van der Waals surface area contributed by atoms with E-state index in [4.69, 9.17) is 5.11 Å². The Bertz CT molecular complexity index is 998. The summed E-state index contributed by atoms with van der Waals surface area (Å²) in [5.74, 6) is -0.354. The van der Waals surface area contributed by atoms with Gasteiger partial charge in [-0.05, 0) is 31.4 Å². The maximum atomic E-state index is 13.1. The summed E-state index contributed by atoms with van der Waals surface area (Å²) in [6, 6.07) is 10.9. The van der Waals surface area contributed by atoms with Gasteiger partial charge in [-0.15, -0.1) is 5.10 Å². The molecular formula is C19H21N7O3. The lowest BCUT2D eigenvalue weighted by Gasteiger charge is -2.34. The zero-order chi connectivity index (χ0) is 20.2. The topological polar surface area (TPSA) is 129 Å². The Kier molecular flexibility index (Phi) is 5.34. The van der Waals surface area contributed by atoms with Crippen LogP contribution in [0, 0.1) is 0 Å². The van der Waals surface area contributed by atoms with Crippen molar-refractivity contribution in [2.45, 2.75) is 25.3 Å². The smallest absolute Gasteiger partial charge is 0.294 e. The van der Waals surface area contributed by atoms with E-state index in [9.17, 15) is 9.59 Å². The third-order valence-corrected chi connectivity index (χ3v) is 4.84. The summed E-state index contributed by atoms with van der Waals surface area (Å²) in [7, 11) is 0. The first-order valence-electron chi connectivity index (χ1n) is 9.40. The first kappa shape index (κ1) is 18.8. The number of aromatic nitrogens is 5. The van der Waals surface area contributed by atoms with Gasteiger partial charge >= 0.3 is 0 Å². The van der Waals surface area contributed by atoms with Crippen LogP contribution in [0.5, 0.6) is 0 Å². The Morgan fingerprint density at radius 1 is 1.24 bits per heavy atom. The zero-order valence-corrected chi connectivity index (χ0v) is 15.7. The lowest BCUT2D eigenvalue weighted by atomic mass is 9.99. The van der Waals surface area contributed by atoms with Crippen LogP contribution in [0.15, 0.2) is 42.7 Å². The molecule has 3 N–H and O–H groups in total. The summed E-state index contributed by atoms with van der Waals surface area (Å²) < 4.78 is 1.57. The minimum atomic E-state index is -0.619. The van der Waals surface area contributed by atoms with Crippen molar-refractivity contribution in [3.8, 4) is 5.69 Å². The molecule has 10 heteroatoms. The highest BCUT2D eigenvalue weighted by molar-refractivity contribution is 5.91. The Hall–Kier alpha value is -3.53. The summed E-state index contributed by atoms with van der Waals surface area (Å²) in [5, 5.41) is 22.6. The third kappa shape index (κ3) is 4.02. The van der Waals surface area contributed by atoms with Crippen molar-refractivity contribution >= 4 is 17.6 Å². The summed E-state index contributed by atoms with van der Waals surface area (Å²) in [4.78, 5) is 30.4. The fraction of sp³-hybridized carbons (Fsp3) is 0.316. The normalized spacial score (nSPS) is 16.6. The second-order valence-electron chi connectivity index (χ2n) is 6.77. The first-order chi connectivity index (χ1) is 14.2. The van der Waals surface area contributed by atoms with E-state index in [0.29, 0.717) is 18.1 Å². The van der Waals surface area contributed by atoms with E-state index in [1.54, 1.807) is 15.6 Å². The summed E-state index contributed by atoms with van der Waals surface area (Å²) in [6.45, 7) is -0.0350. The molecule has 0 spiro atoms. The van der Waals surface area contributed by atoms with Crippen LogP contribution >= 0.6 is 0 Å². The Morgan fingerprint density at radius 2 is 2.07 bits per heavy atom. The van der Waals surface area contributed by atoms with E-state index in [1.807, 2.05) is 30.3 Å².